The van der Waals surface area contributed by atoms with Crippen LogP contribution in [-0.4, -0.2) is 16.6 Å². The van der Waals surface area contributed by atoms with E-state index >= 15 is 0 Å². The molecule has 1 aromatic heterocycles. The van der Waals surface area contributed by atoms with Crippen LogP contribution in [-0.2, 0) is 0 Å². The average Bonchev–Trinajstić information content (AvgIpc) is 2.87. The van der Waals surface area contributed by atoms with Gasteiger partial charge < -0.3 is 5.32 Å². The van der Waals surface area contributed by atoms with Crippen molar-refractivity contribution in [3.63, 3.8) is 0 Å². The van der Waals surface area contributed by atoms with Gasteiger partial charge in [-0.25, -0.2) is 9.98 Å². The Bertz CT molecular complexity index is 1460. The fraction of sp³-hybridized carbons (Fsp3) is 0.207. The smallest absolute Gasteiger partial charge is 0.264 e. The van der Waals surface area contributed by atoms with Crippen molar-refractivity contribution < 1.29 is 0 Å². The van der Waals surface area contributed by atoms with Crippen molar-refractivity contribution >= 4 is 34.4 Å². The Morgan fingerprint density at radius 2 is 1.94 bits per heavy atom. The molecule has 0 radical (unpaired) electrons. The van der Waals surface area contributed by atoms with Crippen LogP contribution in [0, 0.1) is 0 Å². The molecule has 5 nitrogen and oxygen atoms in total. The van der Waals surface area contributed by atoms with E-state index in [1.54, 1.807) is 16.8 Å². The summed E-state index contributed by atoms with van der Waals surface area (Å²) in [7, 11) is 0. The van der Waals surface area contributed by atoms with Gasteiger partial charge >= 0.3 is 0 Å². The minimum Gasteiger partial charge on any atom is -0.380 e. The SMILES string of the molecule is CC/C(C)=C/N=C1/N=CC=C/C1=C(/C)N[C@@H](C)c1cc2cccc(Cl)c2c(=O)n1-c1ccccc1. The van der Waals surface area contributed by atoms with Crippen molar-refractivity contribution in [3.8, 4) is 5.69 Å². The van der Waals surface area contributed by atoms with Crippen molar-refractivity contribution in [2.45, 2.75) is 40.2 Å². The predicted molar refractivity (Wildman–Crippen MR) is 148 cm³/mol. The van der Waals surface area contributed by atoms with Crippen LogP contribution in [0.3, 0.4) is 0 Å². The third-order valence-corrected chi connectivity index (χ3v) is 6.39. The zero-order valence-corrected chi connectivity index (χ0v) is 21.2. The molecule has 0 aliphatic carbocycles. The molecule has 6 heteroatoms. The number of nitrogens with one attached hydrogen (secondary N) is 1. The lowest BCUT2D eigenvalue weighted by molar-refractivity contribution is 0.613. The van der Waals surface area contributed by atoms with Gasteiger partial charge in [-0.3, -0.25) is 9.36 Å². The molecule has 1 aliphatic heterocycles. The van der Waals surface area contributed by atoms with Crippen LogP contribution < -0.4 is 10.9 Å². The number of fused-ring (bicyclic) bond motifs is 1. The number of benzene rings is 2. The first-order valence-corrected chi connectivity index (χ1v) is 12.1. The van der Waals surface area contributed by atoms with Crippen molar-refractivity contribution in [3.05, 3.63) is 111 Å². The fourth-order valence-corrected chi connectivity index (χ4v) is 4.30. The van der Waals surface area contributed by atoms with Gasteiger partial charge in [0.15, 0.2) is 5.84 Å². The van der Waals surface area contributed by atoms with Gasteiger partial charge in [-0.2, -0.15) is 0 Å². The summed E-state index contributed by atoms with van der Waals surface area (Å²) in [6, 6.07) is 17.0. The number of halogens is 1. The van der Waals surface area contributed by atoms with E-state index in [1.165, 1.54) is 5.57 Å². The molecule has 1 atom stereocenters. The summed E-state index contributed by atoms with van der Waals surface area (Å²) in [5.41, 5.74) is 4.50. The molecule has 3 aromatic rings. The quantitative estimate of drug-likeness (QED) is 0.412. The summed E-state index contributed by atoms with van der Waals surface area (Å²) < 4.78 is 1.74. The molecule has 0 bridgehead atoms. The molecule has 0 amide bonds. The largest absolute Gasteiger partial charge is 0.380 e. The minimum absolute atomic E-state index is 0.141. The lowest BCUT2D eigenvalue weighted by Gasteiger charge is -2.23. The van der Waals surface area contributed by atoms with E-state index in [2.05, 4.69) is 29.1 Å². The zero-order chi connectivity index (χ0) is 24.9. The number of para-hydroxylation sites is 1. The van der Waals surface area contributed by atoms with Gasteiger partial charge in [0, 0.05) is 35.1 Å². The van der Waals surface area contributed by atoms with E-state index in [-0.39, 0.29) is 11.6 Å². The van der Waals surface area contributed by atoms with E-state index in [0.717, 1.165) is 34.5 Å². The van der Waals surface area contributed by atoms with Crippen LogP contribution in [0.4, 0.5) is 0 Å². The Labute approximate surface area is 210 Å². The molecule has 0 unspecified atom stereocenters. The molecule has 0 saturated carbocycles. The summed E-state index contributed by atoms with van der Waals surface area (Å²) in [6.45, 7) is 8.20. The molecule has 4 rings (SSSR count). The Morgan fingerprint density at radius 1 is 1.17 bits per heavy atom. The molecule has 178 valence electrons. The van der Waals surface area contributed by atoms with Gasteiger partial charge in [0.25, 0.3) is 5.56 Å². The van der Waals surface area contributed by atoms with Crippen molar-refractivity contribution in [2.75, 3.05) is 0 Å². The Kier molecular flexibility index (Phi) is 7.47. The number of rotatable bonds is 6. The lowest BCUT2D eigenvalue weighted by atomic mass is 10.1. The number of amidine groups is 1. The monoisotopic (exact) mass is 484 g/mol. The number of pyridine rings is 1. The van der Waals surface area contributed by atoms with E-state index < -0.39 is 0 Å². The standard InChI is InChI=1S/C29H29ClN4O/c1-5-19(2)18-32-28-24(14-10-16-31-28)20(3)33-21(4)26-17-22-11-9-15-25(30)27(22)29(35)34(26)23-12-7-6-8-13-23/h6-18,21,33H,5H2,1-4H3/b19-18+,24-20+,32-28+/t21-/m0/s1. The number of allylic oxidation sites excluding steroid dienone is 3. The molecule has 0 fully saturated rings. The van der Waals surface area contributed by atoms with Crippen molar-refractivity contribution in [1.29, 1.82) is 0 Å². The van der Waals surface area contributed by atoms with Crippen molar-refractivity contribution in [1.82, 2.24) is 9.88 Å². The van der Waals surface area contributed by atoms with Gasteiger partial charge in [-0.05, 0) is 69.0 Å². The van der Waals surface area contributed by atoms with Crippen LogP contribution in [0.1, 0.15) is 45.9 Å². The van der Waals surface area contributed by atoms with Gasteiger partial charge in [0.1, 0.15) is 0 Å². The van der Waals surface area contributed by atoms with Crippen LogP contribution in [0.5, 0.6) is 0 Å². The zero-order valence-electron chi connectivity index (χ0n) is 20.4. The third-order valence-electron chi connectivity index (χ3n) is 6.07. The molecule has 1 N–H and O–H groups in total. The third kappa shape index (κ3) is 5.20. The number of dihydropyridines is 1. The van der Waals surface area contributed by atoms with Gasteiger partial charge in [0.2, 0.25) is 0 Å². The first-order chi connectivity index (χ1) is 16.9. The van der Waals surface area contributed by atoms with Crippen LogP contribution in [0.2, 0.25) is 5.02 Å². The normalized spacial score (nSPS) is 17.2. The van der Waals surface area contributed by atoms with E-state index in [4.69, 9.17) is 11.6 Å². The summed E-state index contributed by atoms with van der Waals surface area (Å²) in [6.07, 6.45) is 8.45. The van der Waals surface area contributed by atoms with Gasteiger partial charge in [0.05, 0.1) is 16.5 Å². The topological polar surface area (TPSA) is 58.8 Å². The number of hydrogen-bond acceptors (Lipinski definition) is 3. The molecular weight excluding hydrogens is 456 g/mol. The first kappa shape index (κ1) is 24.4. The maximum atomic E-state index is 13.7. The average molecular weight is 485 g/mol. The maximum absolute atomic E-state index is 13.7. The first-order valence-electron chi connectivity index (χ1n) is 11.7. The highest BCUT2D eigenvalue weighted by molar-refractivity contribution is 6.35. The number of aromatic nitrogens is 1. The van der Waals surface area contributed by atoms with Crippen LogP contribution in [0.15, 0.2) is 105 Å². The highest BCUT2D eigenvalue weighted by Gasteiger charge is 2.19. The molecule has 0 saturated heterocycles. The second-order valence-corrected chi connectivity index (χ2v) is 8.98. The summed E-state index contributed by atoms with van der Waals surface area (Å²) in [5.74, 6) is 0.656. The highest BCUT2D eigenvalue weighted by Crippen LogP contribution is 2.26. The van der Waals surface area contributed by atoms with E-state index in [1.807, 2.05) is 80.7 Å². The summed E-state index contributed by atoms with van der Waals surface area (Å²) in [4.78, 5) is 22.8. The molecule has 1 aliphatic rings. The van der Waals surface area contributed by atoms with Crippen LogP contribution in [0.25, 0.3) is 16.5 Å². The van der Waals surface area contributed by atoms with E-state index in [0.29, 0.717) is 16.2 Å². The number of hydrogen-bond donors (Lipinski definition) is 1. The second kappa shape index (κ2) is 10.7. The summed E-state index contributed by atoms with van der Waals surface area (Å²) >= 11 is 6.44. The highest BCUT2D eigenvalue weighted by atomic mass is 35.5. The predicted octanol–water partition coefficient (Wildman–Crippen LogP) is 6.92. The van der Waals surface area contributed by atoms with Crippen LogP contribution >= 0.6 is 11.6 Å². The molecule has 0 spiro atoms. The van der Waals surface area contributed by atoms with E-state index in [9.17, 15) is 4.79 Å². The summed E-state index contributed by atoms with van der Waals surface area (Å²) in [5, 5.41) is 5.35. The van der Waals surface area contributed by atoms with Gasteiger partial charge in [-0.1, -0.05) is 54.4 Å². The Hall–Kier alpha value is -3.70. The molecule has 2 aromatic carbocycles. The molecule has 35 heavy (non-hydrogen) atoms. The molecule has 2 heterocycles. The Morgan fingerprint density at radius 3 is 2.69 bits per heavy atom. The minimum atomic E-state index is -0.188. The molecular formula is C29H29ClN4O. The number of nitrogens with zero attached hydrogens (tertiary/aromatic N) is 3. The second-order valence-electron chi connectivity index (χ2n) is 8.57. The van der Waals surface area contributed by atoms with Gasteiger partial charge in [-0.15, -0.1) is 0 Å². The van der Waals surface area contributed by atoms with Crippen molar-refractivity contribution in [2.24, 2.45) is 9.98 Å². The fourth-order valence-electron chi connectivity index (χ4n) is 4.03. The lowest BCUT2D eigenvalue weighted by Crippen LogP contribution is -2.29. The Balaban J connectivity index is 1.81. The number of aliphatic imine (C=N–C) groups is 2. The maximum Gasteiger partial charge on any atom is 0.264 e.